The molecule has 2 aromatic rings. The van der Waals surface area contributed by atoms with Gasteiger partial charge in [0.2, 0.25) is 12.2 Å². The lowest BCUT2D eigenvalue weighted by molar-refractivity contribution is -0.333. The lowest BCUT2D eigenvalue weighted by Gasteiger charge is -2.52. The summed E-state index contributed by atoms with van der Waals surface area (Å²) in [6.07, 6.45) is 0.0620. The maximum absolute atomic E-state index is 13.7. The Kier molecular flexibility index (Phi) is 11.1. The number of hydroxylamine groups is 1. The molecule has 4 heterocycles. The second kappa shape index (κ2) is 15.5. The maximum Gasteiger partial charge on any atom is 0.359 e. The Bertz CT molecular complexity index is 1670. The molecule has 2 fully saturated rings. The van der Waals surface area contributed by atoms with Gasteiger partial charge in [0, 0.05) is 24.0 Å². The zero-order valence-corrected chi connectivity index (χ0v) is 29.7. The number of hydrogen-bond acceptors (Lipinski definition) is 15. The van der Waals surface area contributed by atoms with Crippen LogP contribution in [-0.2, 0) is 43.0 Å². The third-order valence-corrected chi connectivity index (χ3v) is 11.2. The number of nitrogens with one attached hydrogen (secondary N) is 1. The molecule has 0 aliphatic carbocycles. The topological polar surface area (TPSA) is 170 Å². The lowest BCUT2D eigenvalue weighted by atomic mass is 10.0. The fourth-order valence-electron chi connectivity index (χ4n) is 5.70. The third kappa shape index (κ3) is 7.11. The molecule has 0 saturated carbocycles. The van der Waals surface area contributed by atoms with Gasteiger partial charge in [0.15, 0.2) is 18.8 Å². The molecule has 2 amide bonds. The van der Waals surface area contributed by atoms with E-state index < -0.39 is 71.7 Å². The Morgan fingerprint density at radius 2 is 1.66 bits per heavy atom. The summed E-state index contributed by atoms with van der Waals surface area (Å²) in [5, 5.41) is 6.71. The van der Waals surface area contributed by atoms with Gasteiger partial charge in [0.1, 0.15) is 22.6 Å². The molecule has 0 bridgehead atoms. The van der Waals surface area contributed by atoms with Crippen molar-refractivity contribution < 1.29 is 43.0 Å². The zero-order valence-electron chi connectivity index (χ0n) is 27.3. The van der Waals surface area contributed by atoms with Crippen molar-refractivity contribution in [2.45, 2.75) is 55.6 Å². The van der Waals surface area contributed by atoms with Gasteiger partial charge in [-0.25, -0.2) is 9.59 Å². The molecule has 264 valence electrons. The number of carbonyl (C=O) groups is 5. The number of thioether (sulfide) groups is 3. The summed E-state index contributed by atoms with van der Waals surface area (Å²) in [4.78, 5) is 72.9. The van der Waals surface area contributed by atoms with Crippen molar-refractivity contribution in [1.82, 2.24) is 20.4 Å². The lowest BCUT2D eigenvalue weighted by Crippen LogP contribution is -2.74. The first-order valence-corrected chi connectivity index (χ1v) is 18.9. The number of rotatable bonds is 13. The highest BCUT2D eigenvalue weighted by atomic mass is 32.2. The first-order valence-electron chi connectivity index (χ1n) is 15.7. The third-order valence-electron chi connectivity index (χ3n) is 8.09. The van der Waals surface area contributed by atoms with Crippen molar-refractivity contribution in [3.63, 3.8) is 0 Å². The van der Waals surface area contributed by atoms with E-state index >= 15 is 0 Å². The number of amides is 2. The van der Waals surface area contributed by atoms with Crippen molar-refractivity contribution >= 4 is 65.0 Å². The summed E-state index contributed by atoms with van der Waals surface area (Å²) in [6.45, 7) is 2.52. The average Bonchev–Trinajstić information content (AvgIpc) is 3.43. The molecule has 4 aliphatic rings. The zero-order chi connectivity index (χ0) is 35.5. The molecule has 50 heavy (non-hydrogen) atoms. The highest BCUT2D eigenvalue weighted by molar-refractivity contribution is 8.05. The van der Waals surface area contributed by atoms with Crippen molar-refractivity contribution in [2.24, 2.45) is 5.73 Å². The Morgan fingerprint density at radius 1 is 1.00 bits per heavy atom. The van der Waals surface area contributed by atoms with Gasteiger partial charge in [-0.2, -0.15) is 0 Å². The second-order valence-electron chi connectivity index (χ2n) is 11.3. The largest absolute Gasteiger partial charge is 0.451 e. The van der Waals surface area contributed by atoms with Crippen LogP contribution in [0.5, 0.6) is 0 Å². The van der Waals surface area contributed by atoms with E-state index in [-0.39, 0.29) is 12.1 Å². The van der Waals surface area contributed by atoms with Crippen LogP contribution in [0, 0.1) is 0 Å². The van der Waals surface area contributed by atoms with Gasteiger partial charge in [-0.1, -0.05) is 84.5 Å². The summed E-state index contributed by atoms with van der Waals surface area (Å²) in [6, 6.07) is 16.7. The van der Waals surface area contributed by atoms with E-state index in [1.54, 1.807) is 23.6 Å². The minimum Gasteiger partial charge on any atom is -0.451 e. The van der Waals surface area contributed by atoms with E-state index in [2.05, 4.69) is 5.32 Å². The number of fused-ring (bicyclic) bond motifs is 2. The first kappa shape index (κ1) is 35.8. The van der Waals surface area contributed by atoms with E-state index in [0.717, 1.165) is 11.1 Å². The van der Waals surface area contributed by atoms with Crippen LogP contribution in [0.2, 0.25) is 0 Å². The van der Waals surface area contributed by atoms with Crippen LogP contribution in [0.25, 0.3) is 0 Å². The number of nitrogens with two attached hydrogens (primary N) is 1. The van der Waals surface area contributed by atoms with Gasteiger partial charge in [0.05, 0.1) is 5.70 Å². The van der Waals surface area contributed by atoms with E-state index in [1.807, 2.05) is 60.7 Å². The SMILES string of the molecule is CCC(=O)OC(C)OC(=O)C1=C(SC)CS[C@H]2C(NC(=O)C3C4=CSC(N)N4N3OCC(=O)OC(c3ccccc3)c3ccccc3)C(=O)N12. The molecule has 14 nitrogen and oxygen atoms in total. The first-order chi connectivity index (χ1) is 24.1. The number of hydrazine groups is 1. The molecular weight excluding hydrogens is 707 g/mol. The monoisotopic (exact) mass is 741 g/mol. The van der Waals surface area contributed by atoms with Crippen LogP contribution in [0.4, 0.5) is 0 Å². The van der Waals surface area contributed by atoms with Crippen LogP contribution in [0.3, 0.4) is 0 Å². The Hall–Kier alpha value is -4.00. The van der Waals surface area contributed by atoms with Crippen LogP contribution >= 0.6 is 35.3 Å². The molecule has 3 N–H and O–H groups in total. The van der Waals surface area contributed by atoms with Crippen molar-refractivity contribution in [3.8, 4) is 0 Å². The van der Waals surface area contributed by atoms with E-state index in [1.165, 1.54) is 52.3 Å². The highest BCUT2D eigenvalue weighted by Crippen LogP contribution is 2.45. The summed E-state index contributed by atoms with van der Waals surface area (Å²) in [5.41, 5.74) is 7.79. The molecule has 2 saturated heterocycles. The smallest absolute Gasteiger partial charge is 0.359 e. The van der Waals surface area contributed by atoms with E-state index in [0.29, 0.717) is 16.4 Å². The second-order valence-corrected chi connectivity index (χ2v) is 14.3. The fraction of sp³-hybridized carbons (Fsp3) is 0.364. The molecular formula is C33H35N5O9S3. The standard InChI is InChI=1S/C33H35N5O9S3/c1-4-23(39)45-18(2)46-32(43)27-22(48-3)17-49-31-25(30(42)36(27)31)35-29(41)26-21-16-50-33(34)37(21)38(26)44-15-24(40)47-28(19-11-7-5-8-12-19)20-13-9-6-10-14-20/h5-14,16,18,25-26,28,31,33H,4,15,17,34H2,1-3H3,(H,35,41)/t18?,25?,26?,31-,33?/m0/s1. The number of β-lactam (4-membered cyclic amide) rings is 1. The van der Waals surface area contributed by atoms with Gasteiger partial charge >= 0.3 is 17.9 Å². The van der Waals surface area contributed by atoms with Crippen molar-refractivity contribution in [2.75, 3.05) is 18.6 Å². The molecule has 4 unspecified atom stereocenters. The van der Waals surface area contributed by atoms with Crippen LogP contribution in [0.1, 0.15) is 37.5 Å². The number of carbonyl (C=O) groups excluding carboxylic acids is 5. The van der Waals surface area contributed by atoms with E-state index in [9.17, 15) is 24.0 Å². The molecule has 0 aromatic heterocycles. The summed E-state index contributed by atoms with van der Waals surface area (Å²) >= 11 is 3.96. The molecule has 5 atom stereocenters. The summed E-state index contributed by atoms with van der Waals surface area (Å²) in [5.74, 6) is -2.66. The van der Waals surface area contributed by atoms with Crippen molar-refractivity contribution in [1.29, 1.82) is 0 Å². The fourth-order valence-corrected chi connectivity index (χ4v) is 8.79. The quantitative estimate of drug-likeness (QED) is 0.174. The normalized spacial score (nSPS) is 23.2. The molecule has 6 rings (SSSR count). The molecule has 0 spiro atoms. The van der Waals surface area contributed by atoms with Crippen LogP contribution in [0.15, 0.2) is 82.4 Å². The number of benzene rings is 2. The maximum atomic E-state index is 13.7. The van der Waals surface area contributed by atoms with Gasteiger partial charge < -0.3 is 25.3 Å². The molecule has 4 aliphatic heterocycles. The summed E-state index contributed by atoms with van der Waals surface area (Å²) < 4.78 is 16.2. The van der Waals surface area contributed by atoms with Gasteiger partial charge in [-0.05, 0) is 22.8 Å². The number of ether oxygens (including phenoxy) is 3. The predicted molar refractivity (Wildman–Crippen MR) is 185 cm³/mol. The van der Waals surface area contributed by atoms with Crippen LogP contribution < -0.4 is 11.1 Å². The molecule has 17 heteroatoms. The molecule has 2 aromatic carbocycles. The van der Waals surface area contributed by atoms with Crippen LogP contribution in [-0.4, -0.2) is 92.7 Å². The Balaban J connectivity index is 1.10. The highest BCUT2D eigenvalue weighted by Gasteiger charge is 2.58. The predicted octanol–water partition coefficient (Wildman–Crippen LogP) is 2.80. The van der Waals surface area contributed by atoms with Gasteiger partial charge in [-0.3, -0.25) is 29.1 Å². The van der Waals surface area contributed by atoms with Crippen molar-refractivity contribution in [3.05, 3.63) is 93.5 Å². The number of esters is 3. The molecule has 0 radical (unpaired) electrons. The average molecular weight is 742 g/mol. The minimum absolute atomic E-state index is 0.0552. The van der Waals surface area contributed by atoms with Gasteiger partial charge in [0.25, 0.3) is 5.91 Å². The number of hydrogen-bond donors (Lipinski definition) is 2. The summed E-state index contributed by atoms with van der Waals surface area (Å²) in [7, 11) is 0. The van der Waals surface area contributed by atoms with E-state index in [4.69, 9.17) is 24.8 Å². The Labute approximate surface area is 300 Å². The minimum atomic E-state index is -1.15. The van der Waals surface area contributed by atoms with Gasteiger partial charge in [-0.15, -0.1) is 23.5 Å². The Morgan fingerprint density at radius 3 is 2.28 bits per heavy atom. The number of nitrogens with zero attached hydrogens (tertiary/aromatic N) is 3.